The number of hydrogen-bond donors (Lipinski definition) is 0. The van der Waals surface area contributed by atoms with Gasteiger partial charge in [0.2, 0.25) is 0 Å². The first kappa shape index (κ1) is 44.9. The number of hydrogen-bond acceptors (Lipinski definition) is 4. The molecule has 333 valence electrons. The van der Waals surface area contributed by atoms with E-state index < -0.39 is 14.0 Å². The van der Waals surface area contributed by atoms with Crippen LogP contribution in [0.3, 0.4) is 0 Å². The minimum Gasteiger partial charge on any atom is -0.501 e. The van der Waals surface area contributed by atoms with Gasteiger partial charge in [0.05, 0.1) is 30.7 Å². The summed E-state index contributed by atoms with van der Waals surface area (Å²) in [4.78, 5) is 15.2. The van der Waals surface area contributed by atoms with Crippen molar-refractivity contribution >= 4 is 46.4 Å². The van der Waals surface area contributed by atoms with Gasteiger partial charge in [0.25, 0.3) is 0 Å². The van der Waals surface area contributed by atoms with E-state index in [1.54, 1.807) is 0 Å². The van der Waals surface area contributed by atoms with Crippen LogP contribution in [0.4, 0.5) is 0 Å². The largest absolute Gasteiger partial charge is 0.501 e. The predicted molar refractivity (Wildman–Crippen MR) is 275 cm³/mol. The summed E-state index contributed by atoms with van der Waals surface area (Å²) in [6.07, 6.45) is 1.98. The van der Waals surface area contributed by atoms with Gasteiger partial charge < -0.3 is 14.0 Å². The third kappa shape index (κ3) is 9.13. The maximum atomic E-state index is 8.44. The Labute approximate surface area is 405 Å². The number of aromatic nitrogens is 4. The van der Waals surface area contributed by atoms with E-state index in [1.807, 2.05) is 68.6 Å². The minimum atomic E-state index is -1.50. The van der Waals surface area contributed by atoms with E-state index in [-0.39, 0.29) is 31.9 Å². The number of pyridine rings is 2. The zero-order chi connectivity index (χ0) is 46.3. The van der Waals surface area contributed by atoms with E-state index in [9.17, 15) is 0 Å². The number of nitrogens with zero attached hydrogens (tertiary/aromatic N) is 4. The molecule has 0 unspecified atom stereocenters. The summed E-state index contributed by atoms with van der Waals surface area (Å²) >= 11 is 0. The molecule has 0 amide bonds. The molecular weight excluding hydrogens is 1000 g/mol. The molecule has 5 nitrogen and oxygen atoms in total. The summed E-state index contributed by atoms with van der Waals surface area (Å²) in [6.45, 7) is 19.9. The van der Waals surface area contributed by atoms with Crippen LogP contribution in [-0.4, -0.2) is 27.6 Å². The number of furan rings is 1. The van der Waals surface area contributed by atoms with Crippen molar-refractivity contribution in [3.8, 4) is 50.7 Å². The number of fused-ring (bicyclic) bond motifs is 4. The van der Waals surface area contributed by atoms with Crippen molar-refractivity contribution in [2.45, 2.75) is 78.9 Å². The van der Waals surface area contributed by atoms with E-state index in [2.05, 4.69) is 172 Å². The number of rotatable bonds is 9. The maximum absolute atomic E-state index is 8.44. The maximum Gasteiger partial charge on any atom is 0.156 e. The molecule has 0 atom stereocenters. The molecule has 4 aromatic heterocycles. The topological polar surface area (TPSA) is 56.7 Å². The summed E-state index contributed by atoms with van der Waals surface area (Å²) in [7, 11) is -1.50. The molecule has 10 rings (SSSR count). The van der Waals surface area contributed by atoms with Gasteiger partial charge in [-0.1, -0.05) is 163 Å². The third-order valence-corrected chi connectivity index (χ3v) is 14.1. The van der Waals surface area contributed by atoms with Crippen molar-refractivity contribution < 1.29 is 25.9 Å². The summed E-state index contributed by atoms with van der Waals surface area (Å²) in [6, 6.07) is 58.8. The molecule has 0 aliphatic rings. The fourth-order valence-electron chi connectivity index (χ4n) is 8.75. The first-order chi connectivity index (χ1) is 31.7. The van der Waals surface area contributed by atoms with Crippen LogP contribution in [-0.2, 0) is 20.1 Å². The van der Waals surface area contributed by atoms with E-state index >= 15 is 0 Å². The van der Waals surface area contributed by atoms with Gasteiger partial charge in [-0.3, -0.25) is 4.98 Å². The van der Waals surface area contributed by atoms with E-state index in [1.165, 1.54) is 27.4 Å². The van der Waals surface area contributed by atoms with Crippen LogP contribution in [0.1, 0.15) is 77.3 Å². The Morgan fingerprint density at radius 3 is 1.89 bits per heavy atom. The van der Waals surface area contributed by atoms with Gasteiger partial charge in [-0.25, -0.2) is 4.98 Å². The average Bonchev–Trinajstić information content (AvgIpc) is 3.90. The van der Waals surface area contributed by atoms with Crippen LogP contribution in [0, 0.1) is 12.1 Å². The molecule has 0 aliphatic carbocycles. The van der Waals surface area contributed by atoms with Gasteiger partial charge in [0.1, 0.15) is 5.58 Å². The Morgan fingerprint density at radius 2 is 1.26 bits per heavy atom. The summed E-state index contributed by atoms with van der Waals surface area (Å²) in [5.41, 5.74) is 15.1. The van der Waals surface area contributed by atoms with Crippen LogP contribution in [0.2, 0.25) is 19.6 Å². The van der Waals surface area contributed by atoms with Gasteiger partial charge in [-0.15, -0.1) is 54.1 Å². The first-order valence-electron chi connectivity index (χ1n) is 23.2. The minimum absolute atomic E-state index is 0. The van der Waals surface area contributed by atoms with Gasteiger partial charge >= 0.3 is 0 Å². The van der Waals surface area contributed by atoms with Crippen molar-refractivity contribution in [2.75, 3.05) is 0 Å². The second-order valence-corrected chi connectivity index (χ2v) is 23.7. The molecule has 10 aromatic rings. The van der Waals surface area contributed by atoms with Crippen molar-refractivity contribution in [3.05, 3.63) is 187 Å². The molecule has 0 saturated heterocycles. The number of imidazole rings is 1. The Bertz CT molecular complexity index is 3300. The molecule has 0 bridgehead atoms. The van der Waals surface area contributed by atoms with E-state index in [0.29, 0.717) is 0 Å². The Kier molecular flexibility index (Phi) is 13.1. The zero-order valence-electron chi connectivity index (χ0n) is 40.2. The molecule has 0 saturated carbocycles. The van der Waals surface area contributed by atoms with Gasteiger partial charge in [-0.2, -0.15) is 0 Å². The summed E-state index contributed by atoms with van der Waals surface area (Å²) < 4.78 is 17.3. The smallest absolute Gasteiger partial charge is 0.156 e. The molecule has 6 aromatic carbocycles. The standard InChI is InChI=1S/C42H34N3O.C17H22NSi.Ir/c1-26(2)34-24-30(28-14-7-5-8-15-28)25-35(27(3)4)39(34)45-41(33-20-13-19-32-31-18-11-12-21-38(31)46-40(32)33)44-37-23-22-36(43-42(37)45)29-16-9-6-10-17-29;1-13(2)15-11-16(14-9-7-6-8-10-14)18-12-17(15)19(3,4)5;/h5-19,21-27H,1-4H3;6-9,11-13H,1-5H3;/q2*-1;/i;13D;. The molecule has 1 radical (unpaired) electrons. The molecule has 4 heterocycles. The fraction of sp³-hybridized carbons (Fsp3) is 0.203. The van der Waals surface area contributed by atoms with E-state index in [0.717, 1.165) is 78.3 Å². The summed E-state index contributed by atoms with van der Waals surface area (Å²) in [5.74, 6) is 0.644. The zero-order valence-corrected chi connectivity index (χ0v) is 42.6. The van der Waals surface area contributed by atoms with Crippen LogP contribution in [0.5, 0.6) is 0 Å². The number of benzene rings is 6. The normalized spacial score (nSPS) is 12.1. The molecule has 0 aliphatic heterocycles. The average molecular weight is 1060 g/mol. The second kappa shape index (κ2) is 19.3. The molecule has 0 N–H and O–H groups in total. The Hall–Kier alpha value is -6.24. The molecule has 0 spiro atoms. The molecular formula is C59H56IrN4OSi-2. The van der Waals surface area contributed by atoms with E-state index in [4.69, 9.17) is 15.8 Å². The number of para-hydroxylation sites is 1. The summed E-state index contributed by atoms with van der Waals surface area (Å²) in [5, 5.41) is 3.41. The Balaban J connectivity index is 0.000000244. The third-order valence-electron chi connectivity index (χ3n) is 12.1. The molecule has 0 fully saturated rings. The molecule has 7 heteroatoms. The molecule has 66 heavy (non-hydrogen) atoms. The predicted octanol–water partition coefficient (Wildman–Crippen LogP) is 15.6. The van der Waals surface area contributed by atoms with Crippen molar-refractivity contribution in [1.82, 2.24) is 19.5 Å². The van der Waals surface area contributed by atoms with Gasteiger partial charge in [0.15, 0.2) is 5.65 Å². The van der Waals surface area contributed by atoms with Crippen LogP contribution < -0.4 is 5.19 Å². The van der Waals surface area contributed by atoms with Gasteiger partial charge in [-0.05, 0) is 81.2 Å². The van der Waals surface area contributed by atoms with Gasteiger partial charge in [0, 0.05) is 44.3 Å². The first-order valence-corrected chi connectivity index (χ1v) is 26.2. The van der Waals surface area contributed by atoms with Crippen molar-refractivity contribution in [1.29, 1.82) is 0 Å². The second-order valence-electron chi connectivity index (χ2n) is 18.7. The fourth-order valence-corrected chi connectivity index (χ4v) is 10.3. The van der Waals surface area contributed by atoms with Crippen LogP contribution in [0.15, 0.2) is 162 Å². The Morgan fingerprint density at radius 1 is 0.606 bits per heavy atom. The quantitative estimate of drug-likeness (QED) is 0.107. The monoisotopic (exact) mass is 1060 g/mol. The van der Waals surface area contributed by atoms with Crippen molar-refractivity contribution in [2.24, 2.45) is 0 Å². The van der Waals surface area contributed by atoms with Crippen molar-refractivity contribution in [3.63, 3.8) is 0 Å². The van der Waals surface area contributed by atoms with Crippen LogP contribution in [0.25, 0.3) is 83.8 Å². The van der Waals surface area contributed by atoms with Crippen LogP contribution >= 0.6 is 0 Å². The SMILES string of the molecule is CC(C)c1cc(-c2ccccc2)cc(C(C)C)c1-n1c(-c2[c-]ccc3c2oc2ccccc23)nc2ccc(-c3ccccc3)nc21.[2H]C(C)(C)c1cc(-c2[c-]cccc2)ncc1[Si](C)(C)C.[Ir].